The van der Waals surface area contributed by atoms with E-state index >= 15 is 0 Å². The number of rotatable bonds is 2. The fraction of sp³-hybridized carbons (Fsp3) is 0.214. The van der Waals surface area contributed by atoms with Gasteiger partial charge in [-0.25, -0.2) is 0 Å². The highest BCUT2D eigenvalue weighted by molar-refractivity contribution is 6.09. The first-order chi connectivity index (χ1) is 8.84. The zero-order chi connectivity index (χ0) is 12.4. The van der Waals surface area contributed by atoms with Crippen LogP contribution in [0.5, 0.6) is 11.5 Å². The van der Waals surface area contributed by atoms with Crippen molar-refractivity contribution in [3.05, 3.63) is 47.9 Å². The molecule has 2 heterocycles. The Hall–Kier alpha value is -2.23. The molecular formula is C14H12O4. The van der Waals surface area contributed by atoms with Gasteiger partial charge in [-0.2, -0.15) is 0 Å². The number of fused-ring (bicyclic) bond motifs is 1. The monoisotopic (exact) mass is 244 g/mol. The van der Waals surface area contributed by atoms with Crippen molar-refractivity contribution in [3.8, 4) is 11.5 Å². The Bertz CT molecular complexity index is 557. The van der Waals surface area contributed by atoms with E-state index in [0.717, 1.165) is 6.42 Å². The summed E-state index contributed by atoms with van der Waals surface area (Å²) < 4.78 is 16.0. The second kappa shape index (κ2) is 4.56. The summed E-state index contributed by atoms with van der Waals surface area (Å²) in [6, 6.07) is 6.87. The molecule has 0 atom stereocenters. The Kier molecular flexibility index (Phi) is 2.76. The zero-order valence-corrected chi connectivity index (χ0v) is 9.72. The van der Waals surface area contributed by atoms with Crippen LogP contribution in [0.15, 0.2) is 41.2 Å². The van der Waals surface area contributed by atoms with E-state index in [4.69, 9.17) is 13.9 Å². The smallest absolute Gasteiger partial charge is 0.196 e. The molecule has 0 unspecified atom stereocenters. The van der Waals surface area contributed by atoms with Gasteiger partial charge in [-0.15, -0.1) is 0 Å². The lowest BCUT2D eigenvalue weighted by atomic mass is 10.1. The van der Waals surface area contributed by atoms with E-state index < -0.39 is 0 Å². The topological polar surface area (TPSA) is 48.7 Å². The first-order valence-electron chi connectivity index (χ1n) is 5.81. The van der Waals surface area contributed by atoms with Gasteiger partial charge in [-0.05, 0) is 24.3 Å². The van der Waals surface area contributed by atoms with Gasteiger partial charge in [0.25, 0.3) is 0 Å². The van der Waals surface area contributed by atoms with Gasteiger partial charge in [0.05, 0.1) is 25.0 Å². The molecule has 4 heteroatoms. The standard InChI is InChI=1S/C14H12O4/c15-14(11-4-7-16-9-11)10-2-3-12-13(8-10)18-6-1-5-17-12/h2-4,7-9H,1,5-6H2. The third-order valence-corrected chi connectivity index (χ3v) is 2.79. The van der Waals surface area contributed by atoms with E-state index in [2.05, 4.69) is 0 Å². The molecule has 92 valence electrons. The summed E-state index contributed by atoms with van der Waals surface area (Å²) in [5.41, 5.74) is 1.10. The predicted octanol–water partition coefficient (Wildman–Crippen LogP) is 2.67. The molecule has 2 aromatic rings. The number of benzene rings is 1. The average Bonchev–Trinajstić information content (AvgIpc) is 2.83. The molecule has 0 aliphatic carbocycles. The Balaban J connectivity index is 1.94. The predicted molar refractivity (Wildman–Crippen MR) is 64.2 cm³/mol. The van der Waals surface area contributed by atoms with E-state index in [1.807, 2.05) is 0 Å². The normalized spacial score (nSPS) is 14.0. The first-order valence-corrected chi connectivity index (χ1v) is 5.81. The fourth-order valence-corrected chi connectivity index (χ4v) is 1.86. The van der Waals surface area contributed by atoms with Crippen LogP contribution in [0.3, 0.4) is 0 Å². The number of furan rings is 1. The fourth-order valence-electron chi connectivity index (χ4n) is 1.86. The molecule has 0 fully saturated rings. The molecule has 0 bridgehead atoms. The molecule has 1 aliphatic heterocycles. The number of ether oxygens (including phenoxy) is 2. The molecule has 1 aromatic carbocycles. The quantitative estimate of drug-likeness (QED) is 0.762. The summed E-state index contributed by atoms with van der Waals surface area (Å²) >= 11 is 0. The van der Waals surface area contributed by atoms with Gasteiger partial charge < -0.3 is 13.9 Å². The highest BCUT2D eigenvalue weighted by atomic mass is 16.5. The summed E-state index contributed by atoms with van der Waals surface area (Å²) in [4.78, 5) is 12.1. The maximum atomic E-state index is 12.1. The summed E-state index contributed by atoms with van der Waals surface area (Å²) in [5, 5.41) is 0. The van der Waals surface area contributed by atoms with Crippen LogP contribution >= 0.6 is 0 Å². The van der Waals surface area contributed by atoms with Crippen LogP contribution in [0.2, 0.25) is 0 Å². The Morgan fingerprint density at radius 1 is 1.00 bits per heavy atom. The molecule has 18 heavy (non-hydrogen) atoms. The largest absolute Gasteiger partial charge is 0.490 e. The maximum absolute atomic E-state index is 12.1. The van der Waals surface area contributed by atoms with E-state index in [9.17, 15) is 4.79 Å². The highest BCUT2D eigenvalue weighted by Gasteiger charge is 2.15. The van der Waals surface area contributed by atoms with Crippen LogP contribution in [0.4, 0.5) is 0 Å². The lowest BCUT2D eigenvalue weighted by molar-refractivity contribution is 0.103. The molecule has 0 radical (unpaired) electrons. The maximum Gasteiger partial charge on any atom is 0.196 e. The van der Waals surface area contributed by atoms with E-state index in [0.29, 0.717) is 35.8 Å². The summed E-state index contributed by atoms with van der Waals surface area (Å²) in [6.45, 7) is 1.25. The van der Waals surface area contributed by atoms with Gasteiger partial charge in [0.15, 0.2) is 17.3 Å². The molecule has 0 saturated heterocycles. The first kappa shape index (κ1) is 10.9. The molecule has 3 rings (SSSR count). The van der Waals surface area contributed by atoms with Crippen molar-refractivity contribution in [3.63, 3.8) is 0 Å². The van der Waals surface area contributed by atoms with Crippen molar-refractivity contribution >= 4 is 5.78 Å². The Morgan fingerprint density at radius 2 is 1.83 bits per heavy atom. The Morgan fingerprint density at radius 3 is 2.61 bits per heavy atom. The SMILES string of the molecule is O=C(c1ccoc1)c1ccc2c(c1)OCCCO2. The van der Waals surface area contributed by atoms with Gasteiger partial charge in [0, 0.05) is 12.0 Å². The molecule has 0 amide bonds. The van der Waals surface area contributed by atoms with Gasteiger partial charge in [0.2, 0.25) is 0 Å². The summed E-state index contributed by atoms with van der Waals surface area (Å²) in [6.07, 6.45) is 3.77. The number of ketones is 1. The number of carbonyl (C=O) groups is 1. The van der Waals surface area contributed by atoms with Gasteiger partial charge in [-0.1, -0.05) is 0 Å². The minimum absolute atomic E-state index is 0.0839. The summed E-state index contributed by atoms with van der Waals surface area (Å²) in [5.74, 6) is 1.23. The second-order valence-corrected chi connectivity index (χ2v) is 4.05. The highest BCUT2D eigenvalue weighted by Crippen LogP contribution is 2.31. The van der Waals surface area contributed by atoms with Crippen LogP contribution < -0.4 is 9.47 Å². The number of hydrogen-bond donors (Lipinski definition) is 0. The Labute approximate surface area is 104 Å². The van der Waals surface area contributed by atoms with Crippen LogP contribution in [0.25, 0.3) is 0 Å². The van der Waals surface area contributed by atoms with Gasteiger partial charge >= 0.3 is 0 Å². The van der Waals surface area contributed by atoms with Crippen molar-refractivity contribution in [2.75, 3.05) is 13.2 Å². The molecule has 1 aliphatic rings. The van der Waals surface area contributed by atoms with Gasteiger partial charge in [0.1, 0.15) is 6.26 Å². The van der Waals surface area contributed by atoms with Crippen molar-refractivity contribution < 1.29 is 18.7 Å². The average molecular weight is 244 g/mol. The zero-order valence-electron chi connectivity index (χ0n) is 9.72. The van der Waals surface area contributed by atoms with Crippen molar-refractivity contribution in [1.82, 2.24) is 0 Å². The molecular weight excluding hydrogens is 232 g/mol. The minimum atomic E-state index is -0.0839. The van der Waals surface area contributed by atoms with E-state index in [1.54, 1.807) is 24.3 Å². The van der Waals surface area contributed by atoms with Crippen molar-refractivity contribution in [2.24, 2.45) is 0 Å². The summed E-state index contributed by atoms with van der Waals surface area (Å²) in [7, 11) is 0. The molecule has 0 saturated carbocycles. The van der Waals surface area contributed by atoms with Crippen LogP contribution in [0.1, 0.15) is 22.3 Å². The number of hydrogen-bond acceptors (Lipinski definition) is 4. The molecule has 0 spiro atoms. The third-order valence-electron chi connectivity index (χ3n) is 2.79. The second-order valence-electron chi connectivity index (χ2n) is 4.05. The van der Waals surface area contributed by atoms with Crippen LogP contribution in [0, 0.1) is 0 Å². The lowest BCUT2D eigenvalue weighted by Gasteiger charge is -2.08. The van der Waals surface area contributed by atoms with Crippen molar-refractivity contribution in [2.45, 2.75) is 6.42 Å². The number of carbonyl (C=O) groups excluding carboxylic acids is 1. The third kappa shape index (κ3) is 1.97. The van der Waals surface area contributed by atoms with Crippen LogP contribution in [-0.4, -0.2) is 19.0 Å². The van der Waals surface area contributed by atoms with E-state index in [1.165, 1.54) is 12.5 Å². The van der Waals surface area contributed by atoms with Crippen LogP contribution in [-0.2, 0) is 0 Å². The minimum Gasteiger partial charge on any atom is -0.490 e. The van der Waals surface area contributed by atoms with E-state index in [-0.39, 0.29) is 5.78 Å². The lowest BCUT2D eigenvalue weighted by Crippen LogP contribution is -2.01. The van der Waals surface area contributed by atoms with Crippen molar-refractivity contribution in [1.29, 1.82) is 0 Å². The van der Waals surface area contributed by atoms with Gasteiger partial charge in [-0.3, -0.25) is 4.79 Å². The molecule has 0 N–H and O–H groups in total. The molecule has 1 aromatic heterocycles. The molecule has 4 nitrogen and oxygen atoms in total.